The minimum Gasteiger partial charge on any atom is -0.397 e. The second-order valence-electron chi connectivity index (χ2n) is 4.73. The van der Waals surface area contributed by atoms with Crippen LogP contribution in [-0.4, -0.2) is 8.42 Å². The number of hydrogen-bond donors (Lipinski definition) is 2. The van der Waals surface area contributed by atoms with Gasteiger partial charge in [-0.05, 0) is 65.2 Å². The summed E-state index contributed by atoms with van der Waals surface area (Å²) >= 11 is 9.24. The van der Waals surface area contributed by atoms with E-state index in [1.165, 1.54) is 12.1 Å². The van der Waals surface area contributed by atoms with E-state index < -0.39 is 10.0 Å². The maximum Gasteiger partial charge on any atom is 0.262 e. The van der Waals surface area contributed by atoms with Crippen molar-refractivity contribution in [3.8, 4) is 0 Å². The zero-order valence-corrected chi connectivity index (χ0v) is 14.6. The largest absolute Gasteiger partial charge is 0.397 e. The van der Waals surface area contributed by atoms with Crippen molar-refractivity contribution in [2.24, 2.45) is 0 Å². The van der Waals surface area contributed by atoms with Crippen molar-refractivity contribution < 1.29 is 8.42 Å². The molecule has 0 saturated carbocycles. The molecule has 4 nitrogen and oxygen atoms in total. The van der Waals surface area contributed by atoms with Crippen LogP contribution in [0.15, 0.2) is 39.7 Å². The summed E-state index contributed by atoms with van der Waals surface area (Å²) in [7, 11) is -3.74. The molecule has 3 N–H and O–H groups in total. The van der Waals surface area contributed by atoms with Crippen LogP contribution in [0.5, 0.6) is 0 Å². The molecule has 0 bridgehead atoms. The molecule has 0 heterocycles. The van der Waals surface area contributed by atoms with Crippen molar-refractivity contribution in [3.05, 3.63) is 51.0 Å². The zero-order valence-electron chi connectivity index (χ0n) is 11.4. The van der Waals surface area contributed by atoms with Crippen molar-refractivity contribution in [2.75, 3.05) is 10.5 Å². The molecule has 21 heavy (non-hydrogen) atoms. The van der Waals surface area contributed by atoms with Crippen LogP contribution in [0, 0.1) is 13.8 Å². The summed E-state index contributed by atoms with van der Waals surface area (Å²) in [6.45, 7) is 3.59. The number of hydrogen-bond acceptors (Lipinski definition) is 3. The molecular formula is C14H14BrClN2O2S. The van der Waals surface area contributed by atoms with Crippen LogP contribution in [-0.2, 0) is 10.0 Å². The lowest BCUT2D eigenvalue weighted by Gasteiger charge is -2.13. The third-order valence-corrected chi connectivity index (χ3v) is 5.44. The molecule has 0 amide bonds. The Hall–Kier alpha value is -1.24. The summed E-state index contributed by atoms with van der Waals surface area (Å²) < 4.78 is 28.2. The van der Waals surface area contributed by atoms with Gasteiger partial charge in [0.05, 0.1) is 21.3 Å². The number of nitrogens with one attached hydrogen (secondary N) is 1. The Balaban J connectivity index is 2.46. The van der Waals surface area contributed by atoms with E-state index in [0.29, 0.717) is 20.7 Å². The standard InChI is InChI=1S/C14H14BrClN2O2S/c1-8-3-4-13(10(15)5-8)18-21(19,20)14-7-12(17)11(16)6-9(14)2/h3-7,18H,17H2,1-2H3. The molecule has 2 aromatic carbocycles. The predicted octanol–water partition coefficient (Wildman–Crippen LogP) is 4.10. The summed E-state index contributed by atoms with van der Waals surface area (Å²) in [6, 6.07) is 8.26. The van der Waals surface area contributed by atoms with Gasteiger partial charge in [0, 0.05) is 4.47 Å². The van der Waals surface area contributed by atoms with Crippen LogP contribution in [0.4, 0.5) is 11.4 Å². The molecule has 2 aromatic rings. The quantitative estimate of drug-likeness (QED) is 0.776. The van der Waals surface area contributed by atoms with Crippen molar-refractivity contribution in [3.63, 3.8) is 0 Å². The number of halogens is 2. The second kappa shape index (κ2) is 5.87. The summed E-state index contributed by atoms with van der Waals surface area (Å²) in [4.78, 5) is 0.108. The highest BCUT2D eigenvalue weighted by atomic mass is 79.9. The van der Waals surface area contributed by atoms with E-state index in [4.69, 9.17) is 17.3 Å². The lowest BCUT2D eigenvalue weighted by Crippen LogP contribution is -2.15. The Kier molecular flexibility index (Phi) is 4.51. The molecule has 0 saturated heterocycles. The lowest BCUT2D eigenvalue weighted by atomic mass is 10.2. The number of nitrogens with two attached hydrogens (primary N) is 1. The van der Waals surface area contributed by atoms with Crippen LogP contribution in [0.25, 0.3) is 0 Å². The highest BCUT2D eigenvalue weighted by Gasteiger charge is 2.19. The van der Waals surface area contributed by atoms with Crippen molar-refractivity contribution in [1.82, 2.24) is 0 Å². The van der Waals surface area contributed by atoms with Gasteiger partial charge >= 0.3 is 0 Å². The number of aryl methyl sites for hydroxylation is 2. The maximum absolute atomic E-state index is 12.5. The normalized spacial score (nSPS) is 11.4. The third-order valence-electron chi connectivity index (χ3n) is 2.95. The second-order valence-corrected chi connectivity index (χ2v) is 7.64. The predicted molar refractivity (Wildman–Crippen MR) is 90.3 cm³/mol. The number of benzene rings is 2. The fourth-order valence-electron chi connectivity index (χ4n) is 1.86. The smallest absolute Gasteiger partial charge is 0.262 e. The summed E-state index contributed by atoms with van der Waals surface area (Å²) in [5.74, 6) is 0. The third kappa shape index (κ3) is 3.51. The molecular weight excluding hydrogens is 376 g/mol. The molecule has 0 fully saturated rings. The van der Waals surface area contributed by atoms with Gasteiger partial charge in [-0.2, -0.15) is 0 Å². The fourth-order valence-corrected chi connectivity index (χ4v) is 4.14. The van der Waals surface area contributed by atoms with Crippen LogP contribution in [0.1, 0.15) is 11.1 Å². The number of sulfonamides is 1. The fraction of sp³-hybridized carbons (Fsp3) is 0.143. The first-order valence-corrected chi connectivity index (χ1v) is 8.71. The van der Waals surface area contributed by atoms with E-state index in [2.05, 4.69) is 20.7 Å². The Morgan fingerprint density at radius 1 is 1.19 bits per heavy atom. The Morgan fingerprint density at radius 2 is 1.86 bits per heavy atom. The van der Waals surface area contributed by atoms with E-state index in [-0.39, 0.29) is 10.6 Å². The van der Waals surface area contributed by atoms with Gasteiger partial charge in [0.2, 0.25) is 0 Å². The van der Waals surface area contributed by atoms with E-state index in [9.17, 15) is 8.42 Å². The topological polar surface area (TPSA) is 72.2 Å². The first kappa shape index (κ1) is 16.1. The summed E-state index contributed by atoms with van der Waals surface area (Å²) in [6.07, 6.45) is 0. The summed E-state index contributed by atoms with van der Waals surface area (Å²) in [5.41, 5.74) is 7.95. The molecule has 112 valence electrons. The molecule has 0 unspecified atom stereocenters. The monoisotopic (exact) mass is 388 g/mol. The van der Waals surface area contributed by atoms with Gasteiger partial charge in [-0.15, -0.1) is 0 Å². The van der Waals surface area contributed by atoms with E-state index in [1.54, 1.807) is 13.0 Å². The van der Waals surface area contributed by atoms with Crippen LogP contribution in [0.3, 0.4) is 0 Å². The molecule has 0 radical (unpaired) electrons. The van der Waals surface area contributed by atoms with Gasteiger partial charge in [-0.3, -0.25) is 4.72 Å². The van der Waals surface area contributed by atoms with Gasteiger partial charge in [0.15, 0.2) is 0 Å². The molecule has 7 heteroatoms. The van der Waals surface area contributed by atoms with Crippen LogP contribution >= 0.6 is 27.5 Å². The minimum atomic E-state index is -3.74. The Labute approximate surface area is 137 Å². The molecule has 0 aliphatic carbocycles. The van der Waals surface area contributed by atoms with Gasteiger partial charge in [-0.25, -0.2) is 8.42 Å². The molecule has 0 atom stereocenters. The van der Waals surface area contributed by atoms with Crippen molar-refractivity contribution in [2.45, 2.75) is 18.7 Å². The number of anilines is 2. The zero-order chi connectivity index (χ0) is 15.8. The SMILES string of the molecule is Cc1ccc(NS(=O)(=O)c2cc(N)c(Cl)cc2C)c(Br)c1. The Morgan fingerprint density at radius 3 is 2.48 bits per heavy atom. The highest BCUT2D eigenvalue weighted by molar-refractivity contribution is 9.10. The first-order chi connectivity index (χ1) is 9.70. The molecule has 2 rings (SSSR count). The molecule has 0 spiro atoms. The van der Waals surface area contributed by atoms with E-state index in [1.807, 2.05) is 19.1 Å². The average molecular weight is 390 g/mol. The molecule has 0 aromatic heterocycles. The number of rotatable bonds is 3. The van der Waals surface area contributed by atoms with E-state index in [0.717, 1.165) is 5.56 Å². The van der Waals surface area contributed by atoms with Gasteiger partial charge in [0.25, 0.3) is 10.0 Å². The van der Waals surface area contributed by atoms with Crippen LogP contribution < -0.4 is 10.5 Å². The van der Waals surface area contributed by atoms with Gasteiger partial charge in [-0.1, -0.05) is 17.7 Å². The van der Waals surface area contributed by atoms with Crippen molar-refractivity contribution >= 4 is 48.9 Å². The first-order valence-electron chi connectivity index (χ1n) is 6.05. The highest BCUT2D eigenvalue weighted by Crippen LogP contribution is 2.30. The van der Waals surface area contributed by atoms with Gasteiger partial charge < -0.3 is 5.73 Å². The molecule has 0 aliphatic heterocycles. The minimum absolute atomic E-state index is 0.108. The van der Waals surface area contributed by atoms with E-state index >= 15 is 0 Å². The van der Waals surface area contributed by atoms with Crippen LogP contribution in [0.2, 0.25) is 5.02 Å². The average Bonchev–Trinajstić information content (AvgIpc) is 2.37. The Bertz CT molecular complexity index is 807. The number of nitrogen functional groups attached to an aromatic ring is 1. The lowest BCUT2D eigenvalue weighted by molar-refractivity contribution is 0.600. The van der Waals surface area contributed by atoms with Crippen molar-refractivity contribution in [1.29, 1.82) is 0 Å². The maximum atomic E-state index is 12.5. The summed E-state index contributed by atoms with van der Waals surface area (Å²) in [5, 5.41) is 0.336. The van der Waals surface area contributed by atoms with Gasteiger partial charge in [0.1, 0.15) is 0 Å². The molecule has 0 aliphatic rings.